The van der Waals surface area contributed by atoms with Gasteiger partial charge in [-0.15, -0.1) is 0 Å². The first-order valence-electron chi connectivity index (χ1n) is 6.51. The highest BCUT2D eigenvalue weighted by molar-refractivity contribution is 9.10. The van der Waals surface area contributed by atoms with Crippen molar-refractivity contribution in [2.75, 3.05) is 11.4 Å². The summed E-state index contributed by atoms with van der Waals surface area (Å²) in [5.41, 5.74) is 0.712. The van der Waals surface area contributed by atoms with Crippen LogP contribution in [0.15, 0.2) is 28.7 Å². The Bertz CT molecular complexity index is 590. The van der Waals surface area contributed by atoms with Crippen molar-refractivity contribution in [3.05, 3.63) is 28.7 Å². The number of rotatable bonds is 4. The van der Waals surface area contributed by atoms with E-state index in [1.54, 1.807) is 11.0 Å². The minimum absolute atomic E-state index is 0.308. The highest BCUT2D eigenvalue weighted by atomic mass is 79.9. The maximum Gasteiger partial charge on any atom is 0.325 e. The summed E-state index contributed by atoms with van der Waals surface area (Å²) >= 11 is 3.38. The molecule has 1 saturated heterocycles. The van der Waals surface area contributed by atoms with Gasteiger partial charge in [-0.05, 0) is 41.4 Å². The smallest absolute Gasteiger partial charge is 0.325 e. The minimum Gasteiger partial charge on any atom is -0.480 e. The topological polar surface area (TPSA) is 86.7 Å². The van der Waals surface area contributed by atoms with Gasteiger partial charge in [-0.3, -0.25) is 14.4 Å². The van der Waals surface area contributed by atoms with Crippen LogP contribution in [0, 0.1) is 5.92 Å². The second-order valence-corrected chi connectivity index (χ2v) is 5.71. The van der Waals surface area contributed by atoms with Gasteiger partial charge in [-0.1, -0.05) is 12.1 Å². The van der Waals surface area contributed by atoms with Gasteiger partial charge in [0.05, 0.1) is 5.69 Å². The number of hydrogen-bond acceptors (Lipinski definition) is 3. The predicted octanol–water partition coefficient (Wildman–Crippen LogP) is 1.39. The van der Waals surface area contributed by atoms with Gasteiger partial charge in [0.1, 0.15) is 12.0 Å². The molecule has 1 aromatic rings. The number of carbonyl (C=O) groups excluding carboxylic acids is 2. The first kappa shape index (κ1) is 15.5. The fourth-order valence-corrected chi connectivity index (χ4v) is 2.71. The molecule has 1 aromatic carbocycles. The number of nitrogens with one attached hydrogen (secondary N) is 1. The first-order chi connectivity index (χ1) is 9.91. The van der Waals surface area contributed by atoms with Crippen LogP contribution in [0.2, 0.25) is 0 Å². The van der Waals surface area contributed by atoms with Crippen LogP contribution in [0.5, 0.6) is 0 Å². The van der Waals surface area contributed by atoms with Crippen molar-refractivity contribution < 1.29 is 19.5 Å². The van der Waals surface area contributed by atoms with Crippen molar-refractivity contribution in [2.45, 2.75) is 19.4 Å². The van der Waals surface area contributed by atoms with Gasteiger partial charge in [0.2, 0.25) is 11.8 Å². The Morgan fingerprint density at radius 3 is 2.71 bits per heavy atom. The molecule has 2 rings (SSSR count). The third kappa shape index (κ3) is 3.24. The highest BCUT2D eigenvalue weighted by Crippen LogP contribution is 2.31. The summed E-state index contributed by atoms with van der Waals surface area (Å²) in [4.78, 5) is 36.6. The van der Waals surface area contributed by atoms with E-state index in [-0.39, 0.29) is 5.91 Å². The molecule has 2 unspecified atom stereocenters. The zero-order chi connectivity index (χ0) is 15.6. The Hall–Kier alpha value is -1.89. The van der Waals surface area contributed by atoms with E-state index in [4.69, 9.17) is 5.11 Å². The molecule has 7 heteroatoms. The normalized spacial score (nSPS) is 19.4. The van der Waals surface area contributed by atoms with E-state index in [0.717, 1.165) is 4.47 Å². The first-order valence-corrected chi connectivity index (χ1v) is 7.30. The second-order valence-electron chi connectivity index (χ2n) is 4.85. The number of halogens is 1. The fourth-order valence-electron chi connectivity index (χ4n) is 2.21. The molecule has 0 aromatic heterocycles. The number of anilines is 1. The fraction of sp³-hybridized carbons (Fsp3) is 0.357. The number of hydrogen-bond donors (Lipinski definition) is 2. The Morgan fingerprint density at radius 2 is 2.10 bits per heavy atom. The summed E-state index contributed by atoms with van der Waals surface area (Å²) in [6.07, 6.45) is 0.373. The molecule has 1 aliphatic heterocycles. The van der Waals surface area contributed by atoms with Crippen molar-refractivity contribution in [1.29, 1.82) is 0 Å². The number of nitrogens with zero attached hydrogens (tertiary/aromatic N) is 1. The zero-order valence-electron chi connectivity index (χ0n) is 11.4. The predicted molar refractivity (Wildman–Crippen MR) is 79.8 cm³/mol. The van der Waals surface area contributed by atoms with Crippen LogP contribution in [0.25, 0.3) is 0 Å². The number of para-hydroxylation sites is 1. The van der Waals surface area contributed by atoms with Crippen LogP contribution >= 0.6 is 15.9 Å². The number of amides is 2. The molecule has 21 heavy (non-hydrogen) atoms. The summed E-state index contributed by atoms with van der Waals surface area (Å²) in [7, 11) is 0. The quantitative estimate of drug-likeness (QED) is 0.800. The van der Waals surface area contributed by atoms with E-state index < -0.39 is 23.8 Å². The van der Waals surface area contributed by atoms with Crippen molar-refractivity contribution in [2.24, 2.45) is 5.92 Å². The lowest BCUT2D eigenvalue weighted by molar-refractivity contribution is -0.143. The van der Waals surface area contributed by atoms with E-state index >= 15 is 0 Å². The third-order valence-electron chi connectivity index (χ3n) is 3.39. The van der Waals surface area contributed by atoms with E-state index in [0.29, 0.717) is 18.7 Å². The molecule has 1 heterocycles. The van der Waals surface area contributed by atoms with E-state index in [9.17, 15) is 14.4 Å². The summed E-state index contributed by atoms with van der Waals surface area (Å²) in [5, 5.41) is 11.1. The third-order valence-corrected chi connectivity index (χ3v) is 4.07. The van der Waals surface area contributed by atoms with Gasteiger partial charge in [0.15, 0.2) is 0 Å². The number of carbonyl (C=O) groups is 3. The van der Waals surface area contributed by atoms with E-state index in [1.807, 2.05) is 18.2 Å². The molecule has 0 spiro atoms. The van der Waals surface area contributed by atoms with Crippen LogP contribution in [0.4, 0.5) is 5.69 Å². The number of carboxylic acid groups (broad SMARTS) is 1. The largest absolute Gasteiger partial charge is 0.480 e. The lowest BCUT2D eigenvalue weighted by Gasteiger charge is -2.18. The van der Waals surface area contributed by atoms with Crippen LogP contribution < -0.4 is 10.2 Å². The number of carboxylic acids is 1. The van der Waals surface area contributed by atoms with Crippen LogP contribution in [-0.4, -0.2) is 35.5 Å². The van der Waals surface area contributed by atoms with Gasteiger partial charge >= 0.3 is 5.97 Å². The molecule has 1 fully saturated rings. The van der Waals surface area contributed by atoms with E-state index in [1.165, 1.54) is 6.92 Å². The molecular weight excluding hydrogens is 340 g/mol. The molecule has 2 atom stereocenters. The Kier molecular flexibility index (Phi) is 4.62. The molecule has 1 aliphatic rings. The minimum atomic E-state index is -1.13. The zero-order valence-corrected chi connectivity index (χ0v) is 13.0. The van der Waals surface area contributed by atoms with Crippen molar-refractivity contribution in [3.63, 3.8) is 0 Å². The average molecular weight is 355 g/mol. The summed E-state index contributed by atoms with van der Waals surface area (Å²) in [6, 6.07) is 6.26. The molecule has 2 N–H and O–H groups in total. The Labute approximate surface area is 130 Å². The second kappa shape index (κ2) is 6.26. The van der Waals surface area contributed by atoms with Gasteiger partial charge < -0.3 is 15.3 Å². The molecule has 0 saturated carbocycles. The molecule has 112 valence electrons. The molecule has 0 bridgehead atoms. The summed E-state index contributed by atoms with van der Waals surface area (Å²) in [5.74, 6) is -2.81. The van der Waals surface area contributed by atoms with E-state index in [2.05, 4.69) is 21.2 Å². The van der Waals surface area contributed by atoms with Crippen molar-refractivity contribution in [3.8, 4) is 0 Å². The Balaban J connectivity index is 2.10. The number of benzene rings is 1. The molecular formula is C14H15BrN2O4. The maximum atomic E-state index is 12.3. The summed E-state index contributed by atoms with van der Waals surface area (Å²) < 4.78 is 0.776. The molecule has 0 aliphatic carbocycles. The lowest BCUT2D eigenvalue weighted by atomic mass is 10.1. The lowest BCUT2D eigenvalue weighted by Crippen LogP contribution is -2.44. The van der Waals surface area contributed by atoms with Gasteiger partial charge in [-0.25, -0.2) is 0 Å². The maximum absolute atomic E-state index is 12.3. The van der Waals surface area contributed by atoms with Gasteiger partial charge in [0, 0.05) is 11.0 Å². The van der Waals surface area contributed by atoms with Crippen molar-refractivity contribution >= 4 is 39.4 Å². The van der Waals surface area contributed by atoms with Crippen LogP contribution in [0.3, 0.4) is 0 Å². The Morgan fingerprint density at radius 1 is 1.43 bits per heavy atom. The monoisotopic (exact) mass is 354 g/mol. The van der Waals surface area contributed by atoms with Crippen molar-refractivity contribution in [1.82, 2.24) is 5.32 Å². The molecule has 6 nitrogen and oxygen atoms in total. The molecule has 0 radical (unpaired) electrons. The highest BCUT2D eigenvalue weighted by Gasteiger charge is 2.38. The van der Waals surface area contributed by atoms with Crippen LogP contribution in [-0.2, 0) is 14.4 Å². The summed E-state index contributed by atoms with van der Waals surface area (Å²) in [6.45, 7) is 1.80. The van der Waals surface area contributed by atoms with Crippen LogP contribution in [0.1, 0.15) is 13.3 Å². The standard InChI is InChI=1S/C14H15BrN2O4/c1-8(14(20)21)16-12(18)9-6-7-17(13(9)19)11-5-3-2-4-10(11)15/h2-5,8-9H,6-7H2,1H3,(H,16,18)(H,20,21). The average Bonchev–Trinajstić information content (AvgIpc) is 2.81. The molecule has 2 amide bonds. The van der Waals surface area contributed by atoms with Gasteiger partial charge in [0.25, 0.3) is 0 Å². The SMILES string of the molecule is CC(NC(=O)C1CCN(c2ccccc2Br)C1=O)C(=O)O. The van der Waals surface area contributed by atoms with Gasteiger partial charge in [-0.2, -0.15) is 0 Å². The number of aliphatic carboxylic acids is 1.